The molecular formula is C20H30O. The molecule has 1 aromatic rings. The van der Waals surface area contributed by atoms with Crippen molar-refractivity contribution in [1.29, 1.82) is 0 Å². The number of benzene rings is 1. The molecular weight excluding hydrogens is 256 g/mol. The van der Waals surface area contributed by atoms with Crippen LogP contribution in [-0.2, 0) is 11.3 Å². The van der Waals surface area contributed by atoms with Crippen molar-refractivity contribution in [2.75, 3.05) is 6.61 Å². The SMILES string of the molecule is C=CC/C(=C/CCOCc1ccccc1)CCCCCC. The lowest BCUT2D eigenvalue weighted by Gasteiger charge is -2.06. The summed E-state index contributed by atoms with van der Waals surface area (Å²) < 4.78 is 5.72. The summed E-state index contributed by atoms with van der Waals surface area (Å²) >= 11 is 0. The first kappa shape index (κ1) is 17.7. The summed E-state index contributed by atoms with van der Waals surface area (Å²) in [4.78, 5) is 0. The molecule has 0 atom stereocenters. The first-order valence-electron chi connectivity index (χ1n) is 8.27. The molecule has 0 heterocycles. The quantitative estimate of drug-likeness (QED) is 0.335. The molecule has 0 aliphatic carbocycles. The number of ether oxygens (including phenoxy) is 1. The van der Waals surface area contributed by atoms with Crippen LogP contribution >= 0.6 is 0 Å². The number of hydrogen-bond acceptors (Lipinski definition) is 1. The molecule has 0 spiro atoms. The van der Waals surface area contributed by atoms with E-state index in [4.69, 9.17) is 4.74 Å². The summed E-state index contributed by atoms with van der Waals surface area (Å²) in [6, 6.07) is 10.3. The van der Waals surface area contributed by atoms with E-state index in [-0.39, 0.29) is 0 Å². The number of unbranched alkanes of at least 4 members (excludes halogenated alkanes) is 3. The Bertz CT molecular complexity index is 392. The average molecular weight is 286 g/mol. The van der Waals surface area contributed by atoms with Crippen LogP contribution in [0.1, 0.15) is 57.4 Å². The van der Waals surface area contributed by atoms with E-state index in [0.717, 1.165) is 19.4 Å². The molecule has 21 heavy (non-hydrogen) atoms. The van der Waals surface area contributed by atoms with Crippen LogP contribution in [0.4, 0.5) is 0 Å². The second-order valence-corrected chi connectivity index (χ2v) is 5.49. The van der Waals surface area contributed by atoms with Crippen molar-refractivity contribution in [2.24, 2.45) is 0 Å². The molecule has 1 rings (SSSR count). The highest BCUT2D eigenvalue weighted by Crippen LogP contribution is 2.15. The van der Waals surface area contributed by atoms with Gasteiger partial charge in [-0.05, 0) is 31.2 Å². The van der Waals surface area contributed by atoms with Crippen molar-refractivity contribution < 1.29 is 4.74 Å². The molecule has 1 aromatic carbocycles. The van der Waals surface area contributed by atoms with Gasteiger partial charge < -0.3 is 4.74 Å². The van der Waals surface area contributed by atoms with Gasteiger partial charge in [0.25, 0.3) is 0 Å². The van der Waals surface area contributed by atoms with E-state index in [9.17, 15) is 0 Å². The molecule has 0 aliphatic rings. The monoisotopic (exact) mass is 286 g/mol. The third kappa shape index (κ3) is 9.25. The van der Waals surface area contributed by atoms with E-state index in [0.29, 0.717) is 6.61 Å². The number of hydrogen-bond donors (Lipinski definition) is 0. The zero-order chi connectivity index (χ0) is 15.2. The van der Waals surface area contributed by atoms with E-state index in [1.165, 1.54) is 43.2 Å². The first-order chi connectivity index (χ1) is 10.4. The van der Waals surface area contributed by atoms with Crippen molar-refractivity contribution in [3.8, 4) is 0 Å². The molecule has 0 radical (unpaired) electrons. The Hall–Kier alpha value is -1.34. The van der Waals surface area contributed by atoms with Crippen LogP contribution in [0, 0.1) is 0 Å². The molecule has 0 unspecified atom stereocenters. The van der Waals surface area contributed by atoms with Crippen LogP contribution < -0.4 is 0 Å². The standard InChI is InChI=1S/C20H30O/c1-3-5-6-8-13-19(12-4-2)16-11-17-21-18-20-14-9-7-10-15-20/h4,7,9-10,14-16H,2-3,5-6,8,11-13,17-18H2,1H3/b19-16-. The highest BCUT2D eigenvalue weighted by atomic mass is 16.5. The third-order valence-electron chi connectivity index (χ3n) is 3.56. The van der Waals surface area contributed by atoms with Gasteiger partial charge in [-0.2, -0.15) is 0 Å². The third-order valence-corrected chi connectivity index (χ3v) is 3.56. The number of rotatable bonds is 12. The predicted octanol–water partition coefficient (Wildman–Crippen LogP) is 6.07. The predicted molar refractivity (Wildman–Crippen MR) is 92.4 cm³/mol. The van der Waals surface area contributed by atoms with Crippen molar-refractivity contribution in [3.63, 3.8) is 0 Å². The van der Waals surface area contributed by atoms with Gasteiger partial charge in [0.15, 0.2) is 0 Å². The van der Waals surface area contributed by atoms with Gasteiger partial charge in [-0.1, -0.05) is 74.2 Å². The van der Waals surface area contributed by atoms with Crippen LogP contribution in [0.3, 0.4) is 0 Å². The maximum absolute atomic E-state index is 5.72. The molecule has 0 aliphatic heterocycles. The van der Waals surface area contributed by atoms with Crippen molar-refractivity contribution in [2.45, 2.75) is 58.5 Å². The van der Waals surface area contributed by atoms with Crippen LogP contribution in [0.25, 0.3) is 0 Å². The second-order valence-electron chi connectivity index (χ2n) is 5.49. The minimum absolute atomic E-state index is 0.710. The lowest BCUT2D eigenvalue weighted by Crippen LogP contribution is -1.95. The average Bonchev–Trinajstić information content (AvgIpc) is 2.52. The summed E-state index contributed by atoms with van der Waals surface area (Å²) in [5.41, 5.74) is 2.76. The fourth-order valence-electron chi connectivity index (χ4n) is 2.36. The Labute approximate surface area is 130 Å². The fourth-order valence-corrected chi connectivity index (χ4v) is 2.36. The van der Waals surface area contributed by atoms with Gasteiger partial charge in [-0.3, -0.25) is 0 Å². The van der Waals surface area contributed by atoms with E-state index in [1.807, 2.05) is 12.1 Å². The highest BCUT2D eigenvalue weighted by molar-refractivity contribution is 5.13. The van der Waals surface area contributed by atoms with E-state index in [2.05, 4.69) is 43.8 Å². The topological polar surface area (TPSA) is 9.23 Å². The van der Waals surface area contributed by atoms with Crippen molar-refractivity contribution in [3.05, 3.63) is 60.2 Å². The Morgan fingerprint density at radius 2 is 1.95 bits per heavy atom. The van der Waals surface area contributed by atoms with Gasteiger partial charge in [0, 0.05) is 0 Å². The van der Waals surface area contributed by atoms with Crippen molar-refractivity contribution in [1.82, 2.24) is 0 Å². The van der Waals surface area contributed by atoms with E-state index in [1.54, 1.807) is 0 Å². The van der Waals surface area contributed by atoms with Gasteiger partial charge in [0.1, 0.15) is 0 Å². The lowest BCUT2D eigenvalue weighted by molar-refractivity contribution is 0.125. The molecule has 0 amide bonds. The Kier molecular flexibility index (Phi) is 10.5. The van der Waals surface area contributed by atoms with Crippen LogP contribution in [-0.4, -0.2) is 6.61 Å². The lowest BCUT2D eigenvalue weighted by atomic mass is 10.0. The Balaban J connectivity index is 2.19. The highest BCUT2D eigenvalue weighted by Gasteiger charge is 1.97. The summed E-state index contributed by atoms with van der Waals surface area (Å²) in [7, 11) is 0. The van der Waals surface area contributed by atoms with Gasteiger partial charge in [0.2, 0.25) is 0 Å². The largest absolute Gasteiger partial charge is 0.376 e. The Morgan fingerprint density at radius 1 is 1.14 bits per heavy atom. The zero-order valence-electron chi connectivity index (χ0n) is 13.5. The molecule has 0 saturated carbocycles. The summed E-state index contributed by atoms with van der Waals surface area (Å²) in [6.07, 6.45) is 12.9. The smallest absolute Gasteiger partial charge is 0.0717 e. The molecule has 0 fully saturated rings. The van der Waals surface area contributed by atoms with E-state index >= 15 is 0 Å². The molecule has 116 valence electrons. The molecule has 0 bridgehead atoms. The molecule has 1 nitrogen and oxygen atoms in total. The van der Waals surface area contributed by atoms with Gasteiger partial charge >= 0.3 is 0 Å². The van der Waals surface area contributed by atoms with Crippen molar-refractivity contribution >= 4 is 0 Å². The van der Waals surface area contributed by atoms with Crippen LogP contribution in [0.5, 0.6) is 0 Å². The van der Waals surface area contributed by atoms with Gasteiger partial charge in [-0.15, -0.1) is 6.58 Å². The minimum Gasteiger partial charge on any atom is -0.376 e. The first-order valence-corrected chi connectivity index (χ1v) is 8.27. The van der Waals surface area contributed by atoms with E-state index < -0.39 is 0 Å². The number of allylic oxidation sites excluding steroid dienone is 2. The summed E-state index contributed by atoms with van der Waals surface area (Å²) in [5.74, 6) is 0. The molecule has 0 N–H and O–H groups in total. The van der Waals surface area contributed by atoms with Gasteiger partial charge in [-0.25, -0.2) is 0 Å². The normalized spacial score (nSPS) is 11.6. The zero-order valence-corrected chi connectivity index (χ0v) is 13.5. The maximum Gasteiger partial charge on any atom is 0.0717 e. The maximum atomic E-state index is 5.72. The fraction of sp³-hybridized carbons (Fsp3) is 0.500. The second kappa shape index (κ2) is 12.4. The molecule has 0 aromatic heterocycles. The summed E-state index contributed by atoms with van der Waals surface area (Å²) in [5, 5.41) is 0. The molecule has 1 heteroatoms. The molecule has 0 saturated heterocycles. The summed E-state index contributed by atoms with van der Waals surface area (Å²) in [6.45, 7) is 7.62. The Morgan fingerprint density at radius 3 is 2.67 bits per heavy atom. The van der Waals surface area contributed by atoms with Crippen LogP contribution in [0.15, 0.2) is 54.6 Å². The van der Waals surface area contributed by atoms with Crippen LogP contribution in [0.2, 0.25) is 0 Å². The minimum atomic E-state index is 0.710. The van der Waals surface area contributed by atoms with Gasteiger partial charge in [0.05, 0.1) is 13.2 Å².